The summed E-state index contributed by atoms with van der Waals surface area (Å²) < 4.78 is 0. The van der Waals surface area contributed by atoms with Gasteiger partial charge in [0.1, 0.15) is 0 Å². The molecular weight excluding hydrogens is 208 g/mol. The van der Waals surface area contributed by atoms with Crippen LogP contribution in [0.3, 0.4) is 0 Å². The van der Waals surface area contributed by atoms with E-state index >= 15 is 0 Å². The van der Waals surface area contributed by atoms with Gasteiger partial charge in [0.2, 0.25) is 0 Å². The predicted octanol–water partition coefficient (Wildman–Crippen LogP) is 2.51. The van der Waals surface area contributed by atoms with Crippen molar-refractivity contribution < 1.29 is 0 Å². The van der Waals surface area contributed by atoms with E-state index in [2.05, 4.69) is 18.0 Å². The molecule has 0 radical (unpaired) electrons. The molecule has 0 aliphatic heterocycles. The highest BCUT2D eigenvalue weighted by atomic mass is 35.5. The fourth-order valence-electron chi connectivity index (χ4n) is 1.42. The minimum absolute atomic E-state index is 0.263. The van der Waals surface area contributed by atoms with E-state index in [9.17, 15) is 0 Å². The zero-order chi connectivity index (χ0) is 11.3. The number of halogens is 1. The summed E-state index contributed by atoms with van der Waals surface area (Å²) in [5.74, 6) is 0. The number of hydrogen-bond donors (Lipinski definition) is 1. The second kappa shape index (κ2) is 6.11. The first-order valence-electron chi connectivity index (χ1n) is 5.27. The first-order chi connectivity index (χ1) is 7.09. The Kier molecular flexibility index (Phi) is 5.09. The zero-order valence-electron chi connectivity index (χ0n) is 9.41. The third kappa shape index (κ3) is 4.65. The Morgan fingerprint density at radius 1 is 1.40 bits per heavy atom. The van der Waals surface area contributed by atoms with E-state index in [0.717, 1.165) is 24.5 Å². The highest BCUT2D eigenvalue weighted by molar-refractivity contribution is 6.31. The molecule has 0 aliphatic carbocycles. The number of rotatable bonds is 5. The molecule has 1 rings (SSSR count). The molecular formula is C12H19ClN2. The zero-order valence-corrected chi connectivity index (χ0v) is 10.2. The number of hydrogen-bond acceptors (Lipinski definition) is 2. The number of nitrogens with zero attached hydrogens (tertiary/aromatic N) is 1. The van der Waals surface area contributed by atoms with Crippen LogP contribution >= 0.6 is 11.6 Å². The standard InChI is InChI=1S/C12H19ClN2/c1-10(14)7-8-15(2)9-11-5-3-4-6-12(11)13/h3-6,10H,7-9,14H2,1-2H3. The topological polar surface area (TPSA) is 29.3 Å². The van der Waals surface area contributed by atoms with Crippen LogP contribution in [0.15, 0.2) is 24.3 Å². The highest BCUT2D eigenvalue weighted by Gasteiger charge is 2.04. The van der Waals surface area contributed by atoms with Crippen molar-refractivity contribution in [3.05, 3.63) is 34.9 Å². The van der Waals surface area contributed by atoms with Crippen LogP contribution < -0.4 is 5.73 Å². The summed E-state index contributed by atoms with van der Waals surface area (Å²) in [6.07, 6.45) is 1.01. The third-order valence-corrected chi connectivity index (χ3v) is 2.73. The average Bonchev–Trinajstić information content (AvgIpc) is 2.18. The van der Waals surface area contributed by atoms with Crippen molar-refractivity contribution in [2.75, 3.05) is 13.6 Å². The van der Waals surface area contributed by atoms with Crippen LogP contribution in [0, 0.1) is 0 Å². The van der Waals surface area contributed by atoms with Crippen LogP contribution in [0.4, 0.5) is 0 Å². The number of nitrogens with two attached hydrogens (primary N) is 1. The maximum Gasteiger partial charge on any atom is 0.0451 e. The van der Waals surface area contributed by atoms with Crippen LogP contribution in [0.5, 0.6) is 0 Å². The van der Waals surface area contributed by atoms with Crippen LogP contribution in [-0.4, -0.2) is 24.5 Å². The summed E-state index contributed by atoms with van der Waals surface area (Å²) >= 11 is 6.08. The smallest absolute Gasteiger partial charge is 0.0451 e. The van der Waals surface area contributed by atoms with E-state index < -0.39 is 0 Å². The van der Waals surface area contributed by atoms with E-state index in [1.165, 1.54) is 5.56 Å². The van der Waals surface area contributed by atoms with Gasteiger partial charge in [0.05, 0.1) is 0 Å². The van der Waals surface area contributed by atoms with Gasteiger partial charge in [-0.15, -0.1) is 0 Å². The molecule has 0 aromatic heterocycles. The first-order valence-corrected chi connectivity index (χ1v) is 5.65. The summed E-state index contributed by atoms with van der Waals surface area (Å²) in [4.78, 5) is 2.24. The molecule has 0 aliphatic rings. The van der Waals surface area contributed by atoms with Gasteiger partial charge in [-0.05, 0) is 38.6 Å². The molecule has 0 heterocycles. The molecule has 2 nitrogen and oxygen atoms in total. The monoisotopic (exact) mass is 226 g/mol. The second-order valence-electron chi connectivity index (χ2n) is 4.10. The first kappa shape index (κ1) is 12.5. The van der Waals surface area contributed by atoms with E-state index in [0.29, 0.717) is 0 Å². The largest absolute Gasteiger partial charge is 0.328 e. The minimum atomic E-state index is 0.263. The van der Waals surface area contributed by atoms with Crippen molar-refractivity contribution in [1.29, 1.82) is 0 Å². The maximum atomic E-state index is 6.08. The highest BCUT2D eigenvalue weighted by Crippen LogP contribution is 2.16. The lowest BCUT2D eigenvalue weighted by molar-refractivity contribution is 0.313. The van der Waals surface area contributed by atoms with Gasteiger partial charge >= 0.3 is 0 Å². The van der Waals surface area contributed by atoms with Crippen molar-refractivity contribution >= 4 is 11.6 Å². The van der Waals surface area contributed by atoms with Crippen LogP contribution in [0.25, 0.3) is 0 Å². The molecule has 2 N–H and O–H groups in total. The molecule has 1 aromatic carbocycles. The Hall–Kier alpha value is -0.570. The lowest BCUT2D eigenvalue weighted by Gasteiger charge is -2.18. The third-order valence-electron chi connectivity index (χ3n) is 2.36. The van der Waals surface area contributed by atoms with Crippen molar-refractivity contribution in [3.8, 4) is 0 Å². The lowest BCUT2D eigenvalue weighted by atomic mass is 10.2. The molecule has 0 bridgehead atoms. The van der Waals surface area contributed by atoms with Gasteiger partial charge in [0, 0.05) is 17.6 Å². The van der Waals surface area contributed by atoms with Gasteiger partial charge in [-0.1, -0.05) is 29.8 Å². The molecule has 3 heteroatoms. The molecule has 0 amide bonds. The maximum absolute atomic E-state index is 6.08. The Morgan fingerprint density at radius 3 is 2.67 bits per heavy atom. The Morgan fingerprint density at radius 2 is 2.07 bits per heavy atom. The molecule has 15 heavy (non-hydrogen) atoms. The number of benzene rings is 1. The van der Waals surface area contributed by atoms with E-state index in [4.69, 9.17) is 17.3 Å². The fraction of sp³-hybridized carbons (Fsp3) is 0.500. The molecule has 1 unspecified atom stereocenters. The van der Waals surface area contributed by atoms with E-state index in [1.54, 1.807) is 0 Å². The Bertz CT molecular complexity index is 299. The molecule has 1 aromatic rings. The summed E-state index contributed by atoms with van der Waals surface area (Å²) in [5.41, 5.74) is 6.88. The van der Waals surface area contributed by atoms with Gasteiger partial charge < -0.3 is 10.6 Å². The van der Waals surface area contributed by atoms with E-state index in [-0.39, 0.29) is 6.04 Å². The van der Waals surface area contributed by atoms with Crippen LogP contribution in [-0.2, 0) is 6.54 Å². The van der Waals surface area contributed by atoms with E-state index in [1.807, 2.05) is 25.1 Å². The molecule has 1 atom stereocenters. The summed E-state index contributed by atoms with van der Waals surface area (Å²) in [7, 11) is 2.09. The van der Waals surface area contributed by atoms with Gasteiger partial charge in [-0.3, -0.25) is 0 Å². The second-order valence-corrected chi connectivity index (χ2v) is 4.50. The summed E-state index contributed by atoms with van der Waals surface area (Å²) in [6.45, 7) is 3.92. The fourth-order valence-corrected chi connectivity index (χ4v) is 1.62. The van der Waals surface area contributed by atoms with Crippen LogP contribution in [0.1, 0.15) is 18.9 Å². The van der Waals surface area contributed by atoms with Gasteiger partial charge in [0.15, 0.2) is 0 Å². The molecule has 0 saturated heterocycles. The van der Waals surface area contributed by atoms with Crippen molar-refractivity contribution in [1.82, 2.24) is 4.90 Å². The lowest BCUT2D eigenvalue weighted by Crippen LogP contribution is -2.25. The van der Waals surface area contributed by atoms with Gasteiger partial charge in [0.25, 0.3) is 0 Å². The SMILES string of the molecule is CC(N)CCN(C)Cc1ccccc1Cl. The molecule has 0 fully saturated rings. The van der Waals surface area contributed by atoms with Crippen molar-refractivity contribution in [2.24, 2.45) is 5.73 Å². The Labute approximate surface area is 97.0 Å². The van der Waals surface area contributed by atoms with Crippen molar-refractivity contribution in [3.63, 3.8) is 0 Å². The van der Waals surface area contributed by atoms with Crippen molar-refractivity contribution in [2.45, 2.75) is 25.9 Å². The molecule has 0 spiro atoms. The van der Waals surface area contributed by atoms with Gasteiger partial charge in [-0.25, -0.2) is 0 Å². The minimum Gasteiger partial charge on any atom is -0.328 e. The predicted molar refractivity (Wildman–Crippen MR) is 66.1 cm³/mol. The molecule has 0 saturated carbocycles. The summed E-state index contributed by atoms with van der Waals surface area (Å²) in [5, 5.41) is 0.838. The normalized spacial score (nSPS) is 13.1. The quantitative estimate of drug-likeness (QED) is 0.836. The Balaban J connectivity index is 2.44. The summed E-state index contributed by atoms with van der Waals surface area (Å²) in [6, 6.07) is 8.22. The van der Waals surface area contributed by atoms with Crippen LogP contribution in [0.2, 0.25) is 5.02 Å². The average molecular weight is 227 g/mol. The molecule has 84 valence electrons. The van der Waals surface area contributed by atoms with Gasteiger partial charge in [-0.2, -0.15) is 0 Å².